The Hall–Kier alpha value is -3.90. The fourth-order valence-electron chi connectivity index (χ4n) is 4.73. The molecule has 1 saturated heterocycles. The second-order valence-electron chi connectivity index (χ2n) is 9.39. The highest BCUT2D eigenvalue weighted by molar-refractivity contribution is 6.09. The highest BCUT2D eigenvalue weighted by Crippen LogP contribution is 2.36. The van der Waals surface area contributed by atoms with E-state index in [0.717, 1.165) is 42.0 Å². The fraction of sp³-hybridized carbons (Fsp3) is 0.267. The minimum absolute atomic E-state index is 0.0864. The van der Waals surface area contributed by atoms with E-state index >= 15 is 0 Å². The van der Waals surface area contributed by atoms with Crippen molar-refractivity contribution in [1.29, 1.82) is 0 Å². The van der Waals surface area contributed by atoms with Crippen LogP contribution in [0.1, 0.15) is 39.9 Å². The van der Waals surface area contributed by atoms with Crippen molar-refractivity contribution in [2.24, 2.45) is 0 Å². The van der Waals surface area contributed by atoms with E-state index in [0.29, 0.717) is 24.4 Å². The number of hydrogen-bond donors (Lipinski definition) is 1. The maximum Gasteiger partial charge on any atom is 0.294 e. The lowest BCUT2D eigenvalue weighted by Gasteiger charge is -2.30. The predicted molar refractivity (Wildman–Crippen MR) is 142 cm³/mol. The second-order valence-corrected chi connectivity index (χ2v) is 9.39. The number of likely N-dealkylation sites (tertiary alicyclic amines) is 1. The van der Waals surface area contributed by atoms with Crippen LogP contribution in [0.4, 0.5) is 5.69 Å². The Kier molecular flexibility index (Phi) is 7.14. The van der Waals surface area contributed by atoms with Gasteiger partial charge in [0.1, 0.15) is 0 Å². The van der Waals surface area contributed by atoms with Gasteiger partial charge in [-0.3, -0.25) is 14.5 Å². The lowest BCUT2D eigenvalue weighted by atomic mass is 10.1. The minimum atomic E-state index is -0.195. The largest absolute Gasteiger partial charge is 0.449 e. The number of nitrogens with one attached hydrogen (secondary N) is 1. The first-order valence-corrected chi connectivity index (χ1v) is 12.5. The summed E-state index contributed by atoms with van der Waals surface area (Å²) in [6, 6.07) is 23.0. The summed E-state index contributed by atoms with van der Waals surface area (Å²) >= 11 is 0. The monoisotopic (exact) mass is 481 g/mol. The summed E-state index contributed by atoms with van der Waals surface area (Å²) in [5.74, 6) is 0.616. The van der Waals surface area contributed by atoms with Gasteiger partial charge in [-0.25, -0.2) is 0 Å². The van der Waals surface area contributed by atoms with Gasteiger partial charge < -0.3 is 15.0 Å². The summed E-state index contributed by atoms with van der Waals surface area (Å²) in [5, 5.41) is 3.00. The Morgan fingerprint density at radius 2 is 1.78 bits per heavy atom. The van der Waals surface area contributed by atoms with Crippen LogP contribution in [0.25, 0.3) is 6.08 Å². The van der Waals surface area contributed by atoms with Crippen molar-refractivity contribution in [3.63, 3.8) is 0 Å². The molecule has 0 aromatic heterocycles. The Morgan fingerprint density at radius 3 is 2.56 bits per heavy atom. The van der Waals surface area contributed by atoms with Gasteiger partial charge in [-0.2, -0.15) is 0 Å². The molecule has 5 rings (SSSR count). The number of hydrogen-bond acceptors (Lipinski definition) is 4. The molecule has 2 aliphatic rings. The summed E-state index contributed by atoms with van der Waals surface area (Å²) in [4.78, 5) is 30.1. The van der Waals surface area contributed by atoms with E-state index in [1.165, 1.54) is 12.8 Å². The van der Waals surface area contributed by atoms with Crippen LogP contribution in [-0.4, -0.2) is 42.9 Å². The van der Waals surface area contributed by atoms with Crippen molar-refractivity contribution in [1.82, 2.24) is 10.2 Å². The van der Waals surface area contributed by atoms with Crippen molar-refractivity contribution in [2.45, 2.75) is 26.3 Å². The first-order chi connectivity index (χ1) is 17.6. The molecule has 6 heteroatoms. The van der Waals surface area contributed by atoms with E-state index in [9.17, 15) is 9.59 Å². The predicted octanol–water partition coefficient (Wildman–Crippen LogP) is 4.79. The smallest absolute Gasteiger partial charge is 0.294 e. The average molecular weight is 482 g/mol. The average Bonchev–Trinajstić information content (AvgIpc) is 3.40. The maximum atomic E-state index is 13.4. The van der Waals surface area contributed by atoms with E-state index in [1.54, 1.807) is 23.1 Å². The molecule has 0 aliphatic carbocycles. The van der Waals surface area contributed by atoms with Crippen LogP contribution in [-0.2, 0) is 11.3 Å². The van der Waals surface area contributed by atoms with Crippen LogP contribution < -0.4 is 15.0 Å². The molecule has 184 valence electrons. The number of amides is 2. The number of carbonyl (C=O) groups excluding carboxylic acids is 2. The standard InChI is InChI=1S/C30H31N3O3/c1-22-7-6-8-24(19-22)21-33-26-9-2-3-10-27(26)36-28(30(33)35)20-23-11-13-25(14-12-23)29(34)31-15-18-32-16-4-5-17-32/h2-3,6-14,19-20H,4-5,15-18,21H2,1H3,(H,31,34). The number of carbonyl (C=O) groups is 2. The molecule has 2 heterocycles. The SMILES string of the molecule is Cc1cccc(CN2C(=O)C(=Cc3ccc(C(=O)NCCN4CCCC4)cc3)Oc3ccccc32)c1. The van der Waals surface area contributed by atoms with Gasteiger partial charge in [-0.15, -0.1) is 0 Å². The fourth-order valence-corrected chi connectivity index (χ4v) is 4.73. The second kappa shape index (κ2) is 10.8. The first-order valence-electron chi connectivity index (χ1n) is 12.5. The highest BCUT2D eigenvalue weighted by Gasteiger charge is 2.30. The molecule has 6 nitrogen and oxygen atoms in total. The summed E-state index contributed by atoms with van der Waals surface area (Å²) in [7, 11) is 0. The zero-order chi connectivity index (χ0) is 24.9. The molecule has 0 bridgehead atoms. The lowest BCUT2D eigenvalue weighted by Crippen LogP contribution is -2.36. The Labute approximate surface area is 212 Å². The summed E-state index contributed by atoms with van der Waals surface area (Å²) in [6.45, 7) is 6.26. The zero-order valence-electron chi connectivity index (χ0n) is 20.6. The number of anilines is 1. The van der Waals surface area contributed by atoms with Gasteiger partial charge in [-0.1, -0.05) is 54.1 Å². The lowest BCUT2D eigenvalue weighted by molar-refractivity contribution is -0.117. The third kappa shape index (κ3) is 5.50. The molecule has 1 fully saturated rings. The van der Waals surface area contributed by atoms with Crippen LogP contribution >= 0.6 is 0 Å². The topological polar surface area (TPSA) is 61.9 Å². The molecule has 2 amide bonds. The van der Waals surface area contributed by atoms with Gasteiger partial charge in [-0.05, 0) is 74.3 Å². The van der Waals surface area contributed by atoms with Crippen LogP contribution in [0.15, 0.2) is 78.6 Å². The Morgan fingerprint density at radius 1 is 1.00 bits per heavy atom. The third-order valence-corrected chi connectivity index (χ3v) is 6.64. The van der Waals surface area contributed by atoms with Crippen molar-refractivity contribution >= 4 is 23.6 Å². The minimum Gasteiger partial charge on any atom is -0.449 e. The molecule has 3 aromatic carbocycles. The van der Waals surface area contributed by atoms with Gasteiger partial charge in [0.05, 0.1) is 12.2 Å². The van der Waals surface area contributed by atoms with E-state index in [2.05, 4.69) is 16.3 Å². The molecule has 1 N–H and O–H groups in total. The third-order valence-electron chi connectivity index (χ3n) is 6.64. The van der Waals surface area contributed by atoms with Crippen molar-refractivity contribution < 1.29 is 14.3 Å². The summed E-state index contributed by atoms with van der Waals surface area (Å²) in [5.41, 5.74) is 4.35. The maximum absolute atomic E-state index is 13.4. The van der Waals surface area contributed by atoms with Gasteiger partial charge in [0.2, 0.25) is 0 Å². The van der Waals surface area contributed by atoms with Gasteiger partial charge in [0.25, 0.3) is 11.8 Å². The molecule has 36 heavy (non-hydrogen) atoms. The van der Waals surface area contributed by atoms with E-state index in [4.69, 9.17) is 4.74 Å². The number of ether oxygens (including phenoxy) is 1. The number of rotatable bonds is 7. The number of fused-ring (bicyclic) bond motifs is 1. The van der Waals surface area contributed by atoms with E-state index in [1.807, 2.05) is 61.5 Å². The number of nitrogens with zero attached hydrogens (tertiary/aromatic N) is 2. The van der Waals surface area contributed by atoms with E-state index < -0.39 is 0 Å². The molecular weight excluding hydrogens is 450 g/mol. The first kappa shape index (κ1) is 23.8. The zero-order valence-corrected chi connectivity index (χ0v) is 20.6. The molecule has 0 unspecified atom stereocenters. The highest BCUT2D eigenvalue weighted by atomic mass is 16.5. The number of aryl methyl sites for hydroxylation is 1. The number of para-hydroxylation sites is 2. The van der Waals surface area contributed by atoms with Crippen LogP contribution in [0.3, 0.4) is 0 Å². The van der Waals surface area contributed by atoms with Crippen LogP contribution in [0.5, 0.6) is 5.75 Å². The van der Waals surface area contributed by atoms with Crippen LogP contribution in [0, 0.1) is 6.92 Å². The molecule has 0 spiro atoms. The van der Waals surface area contributed by atoms with Crippen molar-refractivity contribution in [3.05, 3.63) is 101 Å². The number of benzene rings is 3. The molecule has 0 radical (unpaired) electrons. The Bertz CT molecular complexity index is 1280. The van der Waals surface area contributed by atoms with Crippen molar-refractivity contribution in [3.8, 4) is 5.75 Å². The van der Waals surface area contributed by atoms with Gasteiger partial charge in [0.15, 0.2) is 11.5 Å². The molecule has 3 aromatic rings. The molecule has 2 aliphatic heterocycles. The Balaban J connectivity index is 1.30. The van der Waals surface area contributed by atoms with Crippen molar-refractivity contribution in [2.75, 3.05) is 31.1 Å². The normalized spacial score (nSPS) is 16.6. The van der Waals surface area contributed by atoms with E-state index in [-0.39, 0.29) is 17.6 Å². The summed E-state index contributed by atoms with van der Waals surface area (Å²) < 4.78 is 6.01. The van der Waals surface area contributed by atoms with Gasteiger partial charge >= 0.3 is 0 Å². The quantitative estimate of drug-likeness (QED) is 0.493. The molecular formula is C30H31N3O3. The van der Waals surface area contributed by atoms with Gasteiger partial charge in [0, 0.05) is 18.7 Å². The molecule has 0 saturated carbocycles. The van der Waals surface area contributed by atoms with Crippen LogP contribution in [0.2, 0.25) is 0 Å². The summed E-state index contributed by atoms with van der Waals surface area (Å²) in [6.07, 6.45) is 4.22. The molecule has 0 atom stereocenters.